The Hall–Kier alpha value is -2.15. The quantitative estimate of drug-likeness (QED) is 0.766. The maximum absolute atomic E-state index is 12.5. The zero-order chi connectivity index (χ0) is 19.2. The van der Waals surface area contributed by atoms with Gasteiger partial charge in [0, 0.05) is 38.4 Å². The highest BCUT2D eigenvalue weighted by Gasteiger charge is 2.28. The SMILES string of the molecule is CCOC(=O)c1ccc(N2CCN(C(C)C(=O)NC3CCCC3)CC2)nc1. The lowest BCUT2D eigenvalue weighted by atomic mass is 10.2. The first kappa shape index (κ1) is 19.6. The minimum atomic E-state index is -0.344. The molecule has 2 aliphatic rings. The van der Waals surface area contributed by atoms with Gasteiger partial charge in [0.2, 0.25) is 5.91 Å². The predicted octanol–water partition coefficient (Wildman–Crippen LogP) is 1.83. The van der Waals surface area contributed by atoms with Crippen molar-refractivity contribution in [1.29, 1.82) is 0 Å². The van der Waals surface area contributed by atoms with Gasteiger partial charge in [0.05, 0.1) is 18.2 Å². The van der Waals surface area contributed by atoms with Gasteiger partial charge in [0.25, 0.3) is 0 Å². The fourth-order valence-corrected chi connectivity index (χ4v) is 3.80. The van der Waals surface area contributed by atoms with E-state index in [1.165, 1.54) is 12.8 Å². The summed E-state index contributed by atoms with van der Waals surface area (Å²) in [7, 11) is 0. The average molecular weight is 374 g/mol. The molecule has 2 heterocycles. The van der Waals surface area contributed by atoms with Gasteiger partial charge in [-0.3, -0.25) is 9.69 Å². The number of ether oxygens (including phenoxy) is 1. The van der Waals surface area contributed by atoms with E-state index in [0.29, 0.717) is 18.2 Å². The molecule has 1 aliphatic carbocycles. The minimum Gasteiger partial charge on any atom is -0.462 e. The second-order valence-corrected chi connectivity index (χ2v) is 7.31. The molecule has 7 heteroatoms. The topological polar surface area (TPSA) is 74.8 Å². The van der Waals surface area contributed by atoms with Gasteiger partial charge in [0.15, 0.2) is 0 Å². The number of carbonyl (C=O) groups is 2. The van der Waals surface area contributed by atoms with Gasteiger partial charge in [-0.1, -0.05) is 12.8 Å². The predicted molar refractivity (Wildman–Crippen MR) is 104 cm³/mol. The van der Waals surface area contributed by atoms with Crippen LogP contribution in [0.15, 0.2) is 18.3 Å². The molecule has 1 aromatic rings. The summed E-state index contributed by atoms with van der Waals surface area (Å²) in [5.74, 6) is 0.654. The van der Waals surface area contributed by atoms with Crippen molar-refractivity contribution in [2.75, 3.05) is 37.7 Å². The number of rotatable bonds is 6. The first-order valence-corrected chi connectivity index (χ1v) is 10.0. The molecule has 3 rings (SSSR count). The number of amides is 1. The van der Waals surface area contributed by atoms with Crippen LogP contribution in [0.25, 0.3) is 0 Å². The maximum Gasteiger partial charge on any atom is 0.339 e. The molecule has 1 unspecified atom stereocenters. The van der Waals surface area contributed by atoms with Crippen LogP contribution < -0.4 is 10.2 Å². The number of esters is 1. The third-order valence-corrected chi connectivity index (χ3v) is 5.53. The Morgan fingerprint density at radius 1 is 1.22 bits per heavy atom. The Morgan fingerprint density at radius 3 is 2.52 bits per heavy atom. The van der Waals surface area contributed by atoms with E-state index < -0.39 is 0 Å². The molecule has 1 amide bonds. The minimum absolute atomic E-state index is 0.105. The standard InChI is InChI=1S/C20H30N4O3/c1-3-27-20(26)16-8-9-18(21-14-16)24-12-10-23(11-13-24)15(2)19(25)22-17-6-4-5-7-17/h8-9,14-15,17H,3-7,10-13H2,1-2H3,(H,22,25). The molecule has 27 heavy (non-hydrogen) atoms. The fraction of sp³-hybridized carbons (Fsp3) is 0.650. The first-order valence-electron chi connectivity index (χ1n) is 10.0. The normalized spacial score (nSPS) is 19.7. The van der Waals surface area contributed by atoms with Gasteiger partial charge in [-0.15, -0.1) is 0 Å². The van der Waals surface area contributed by atoms with Gasteiger partial charge in [-0.05, 0) is 38.8 Å². The second kappa shape index (κ2) is 9.17. The molecule has 148 valence electrons. The number of aromatic nitrogens is 1. The monoisotopic (exact) mass is 374 g/mol. The molecule has 0 bridgehead atoms. The third-order valence-electron chi connectivity index (χ3n) is 5.53. The van der Waals surface area contributed by atoms with Crippen LogP contribution in [0.5, 0.6) is 0 Å². The molecule has 7 nitrogen and oxygen atoms in total. The van der Waals surface area contributed by atoms with Crippen LogP contribution in [-0.2, 0) is 9.53 Å². The highest BCUT2D eigenvalue weighted by Crippen LogP contribution is 2.19. The van der Waals surface area contributed by atoms with Gasteiger partial charge in [-0.2, -0.15) is 0 Å². The zero-order valence-corrected chi connectivity index (χ0v) is 16.3. The molecule has 0 radical (unpaired) electrons. The number of hydrogen-bond acceptors (Lipinski definition) is 6. The highest BCUT2D eigenvalue weighted by atomic mass is 16.5. The Balaban J connectivity index is 1.49. The van der Waals surface area contributed by atoms with Crippen LogP contribution in [0.1, 0.15) is 49.9 Å². The third kappa shape index (κ3) is 4.97. The second-order valence-electron chi connectivity index (χ2n) is 7.31. The lowest BCUT2D eigenvalue weighted by molar-refractivity contribution is -0.126. The van der Waals surface area contributed by atoms with Crippen LogP contribution in [-0.4, -0.2) is 66.6 Å². The lowest BCUT2D eigenvalue weighted by Crippen LogP contribution is -2.55. The maximum atomic E-state index is 12.5. The van der Waals surface area contributed by atoms with E-state index >= 15 is 0 Å². The molecule has 1 aromatic heterocycles. The van der Waals surface area contributed by atoms with Crippen LogP contribution in [0.3, 0.4) is 0 Å². The molecule has 2 fully saturated rings. The largest absolute Gasteiger partial charge is 0.462 e. The van der Waals surface area contributed by atoms with Gasteiger partial charge in [-0.25, -0.2) is 9.78 Å². The summed E-state index contributed by atoms with van der Waals surface area (Å²) in [4.78, 5) is 33.0. The number of nitrogens with one attached hydrogen (secondary N) is 1. The molecule has 0 aromatic carbocycles. The van der Waals surface area contributed by atoms with E-state index in [1.54, 1.807) is 19.2 Å². The van der Waals surface area contributed by atoms with Crippen molar-refractivity contribution in [2.45, 2.75) is 51.6 Å². The highest BCUT2D eigenvalue weighted by molar-refractivity contribution is 5.89. The fourth-order valence-electron chi connectivity index (χ4n) is 3.80. The molecule has 0 spiro atoms. The van der Waals surface area contributed by atoms with Crippen LogP contribution in [0.4, 0.5) is 5.82 Å². The number of hydrogen-bond donors (Lipinski definition) is 1. The molecule has 1 atom stereocenters. The molecule has 1 saturated heterocycles. The van der Waals surface area contributed by atoms with E-state index in [-0.39, 0.29) is 17.9 Å². The van der Waals surface area contributed by atoms with Crippen LogP contribution in [0, 0.1) is 0 Å². The van der Waals surface area contributed by atoms with Gasteiger partial charge >= 0.3 is 5.97 Å². The van der Waals surface area contributed by atoms with Crippen molar-refractivity contribution in [1.82, 2.24) is 15.2 Å². The van der Waals surface area contributed by atoms with Crippen molar-refractivity contribution in [3.63, 3.8) is 0 Å². The van der Waals surface area contributed by atoms with Crippen molar-refractivity contribution in [2.24, 2.45) is 0 Å². The first-order chi connectivity index (χ1) is 13.1. The summed E-state index contributed by atoms with van der Waals surface area (Å²) in [6.07, 6.45) is 6.23. The van der Waals surface area contributed by atoms with Crippen molar-refractivity contribution in [3.8, 4) is 0 Å². The Kier molecular flexibility index (Phi) is 6.66. The molecule has 1 aliphatic heterocycles. The Morgan fingerprint density at radius 2 is 1.93 bits per heavy atom. The number of anilines is 1. The number of piperazine rings is 1. The van der Waals surface area contributed by atoms with E-state index in [0.717, 1.165) is 44.8 Å². The Bertz CT molecular complexity index is 635. The number of carbonyl (C=O) groups excluding carboxylic acids is 2. The summed E-state index contributed by atoms with van der Waals surface area (Å²) >= 11 is 0. The van der Waals surface area contributed by atoms with E-state index in [1.807, 2.05) is 13.0 Å². The summed E-state index contributed by atoms with van der Waals surface area (Å²) in [5.41, 5.74) is 0.469. The average Bonchev–Trinajstić information content (AvgIpc) is 3.21. The van der Waals surface area contributed by atoms with Crippen molar-refractivity contribution >= 4 is 17.7 Å². The summed E-state index contributed by atoms with van der Waals surface area (Å²) in [6, 6.07) is 3.87. The summed E-state index contributed by atoms with van der Waals surface area (Å²) < 4.78 is 4.99. The molecule has 1 N–H and O–H groups in total. The van der Waals surface area contributed by atoms with E-state index in [2.05, 4.69) is 20.1 Å². The van der Waals surface area contributed by atoms with Crippen molar-refractivity contribution in [3.05, 3.63) is 23.9 Å². The van der Waals surface area contributed by atoms with Crippen LogP contribution >= 0.6 is 0 Å². The lowest BCUT2D eigenvalue weighted by Gasteiger charge is -2.38. The molecular weight excluding hydrogens is 344 g/mol. The smallest absolute Gasteiger partial charge is 0.339 e. The van der Waals surface area contributed by atoms with Crippen molar-refractivity contribution < 1.29 is 14.3 Å². The van der Waals surface area contributed by atoms with E-state index in [4.69, 9.17) is 4.74 Å². The summed E-state index contributed by atoms with van der Waals surface area (Å²) in [6.45, 7) is 7.40. The number of pyridine rings is 1. The van der Waals surface area contributed by atoms with Gasteiger partial charge in [0.1, 0.15) is 5.82 Å². The van der Waals surface area contributed by atoms with E-state index in [9.17, 15) is 9.59 Å². The van der Waals surface area contributed by atoms with Crippen LogP contribution in [0.2, 0.25) is 0 Å². The summed E-state index contributed by atoms with van der Waals surface area (Å²) in [5, 5.41) is 3.20. The molecule has 1 saturated carbocycles. The zero-order valence-electron chi connectivity index (χ0n) is 16.3. The number of nitrogens with zero attached hydrogens (tertiary/aromatic N) is 3. The Labute approximate surface area is 161 Å². The van der Waals surface area contributed by atoms with Gasteiger partial charge < -0.3 is 15.0 Å². The molecular formula is C20H30N4O3.